The molecule has 0 saturated carbocycles. The minimum Gasteiger partial charge on any atom is -0.313 e. The van der Waals surface area contributed by atoms with Crippen molar-refractivity contribution in [2.75, 3.05) is 19.6 Å². The third-order valence-electron chi connectivity index (χ3n) is 3.26. The maximum atomic E-state index is 12.7. The molecule has 1 fully saturated rings. The zero-order valence-corrected chi connectivity index (χ0v) is 12.7. The van der Waals surface area contributed by atoms with Gasteiger partial charge in [-0.3, -0.25) is 0 Å². The second-order valence-electron chi connectivity index (χ2n) is 4.68. The average Bonchev–Trinajstić information content (AvgIpc) is 2.35. The summed E-state index contributed by atoms with van der Waals surface area (Å²) in [6.07, 6.45) is 0.740. The summed E-state index contributed by atoms with van der Waals surface area (Å²) in [6, 6.07) is 6.19. The van der Waals surface area contributed by atoms with Crippen molar-refractivity contribution in [2.24, 2.45) is 0 Å². The number of nitrogens with zero attached hydrogens (tertiary/aromatic N) is 2. The van der Waals surface area contributed by atoms with E-state index in [1.54, 1.807) is 0 Å². The normalized spacial score (nSPS) is 15.9. The van der Waals surface area contributed by atoms with Gasteiger partial charge < -0.3 is 5.32 Å². The zero-order valence-electron chi connectivity index (χ0n) is 11.1. The van der Waals surface area contributed by atoms with E-state index in [9.17, 15) is 8.42 Å². The molecule has 1 aliphatic rings. The molecular weight excluding hydrogens is 298 g/mol. The van der Waals surface area contributed by atoms with Gasteiger partial charge in [-0.25, -0.2) is 8.42 Å². The molecule has 5 nitrogen and oxygen atoms in total. The van der Waals surface area contributed by atoms with Crippen LogP contribution >= 0.6 is 11.6 Å². The minimum atomic E-state index is -3.63. The van der Waals surface area contributed by atoms with Gasteiger partial charge >= 0.3 is 0 Å². The molecule has 20 heavy (non-hydrogen) atoms. The largest absolute Gasteiger partial charge is 0.313 e. The van der Waals surface area contributed by atoms with Crippen LogP contribution in [-0.2, 0) is 10.0 Å². The highest BCUT2D eigenvalue weighted by molar-refractivity contribution is 7.89. The second kappa shape index (κ2) is 6.10. The molecular formula is C13H16ClN3O2S. The van der Waals surface area contributed by atoms with E-state index in [1.807, 2.05) is 13.0 Å². The molecule has 1 N–H and O–H groups in total. The Morgan fingerprint density at radius 1 is 1.50 bits per heavy atom. The summed E-state index contributed by atoms with van der Waals surface area (Å²) in [5.41, 5.74) is 0.348. The maximum absolute atomic E-state index is 12.7. The average molecular weight is 314 g/mol. The summed E-state index contributed by atoms with van der Waals surface area (Å²) >= 11 is 6.03. The van der Waals surface area contributed by atoms with Gasteiger partial charge in [-0.1, -0.05) is 18.5 Å². The van der Waals surface area contributed by atoms with Crippen molar-refractivity contribution in [3.63, 3.8) is 0 Å². The van der Waals surface area contributed by atoms with Crippen molar-refractivity contribution < 1.29 is 8.42 Å². The molecule has 0 radical (unpaired) electrons. The predicted octanol–water partition coefficient (Wildman–Crippen LogP) is 1.58. The fraction of sp³-hybridized carbons (Fsp3) is 0.462. The van der Waals surface area contributed by atoms with Gasteiger partial charge in [-0.15, -0.1) is 0 Å². The number of sulfonamides is 1. The van der Waals surface area contributed by atoms with Gasteiger partial charge in [-0.05, 0) is 24.6 Å². The Hall–Kier alpha value is -1.13. The molecule has 0 atom stereocenters. The van der Waals surface area contributed by atoms with E-state index >= 15 is 0 Å². The van der Waals surface area contributed by atoms with Gasteiger partial charge in [0.25, 0.3) is 0 Å². The molecule has 0 bridgehead atoms. The molecule has 1 saturated heterocycles. The molecule has 1 heterocycles. The number of hydrogen-bond acceptors (Lipinski definition) is 4. The van der Waals surface area contributed by atoms with E-state index in [4.69, 9.17) is 16.9 Å². The summed E-state index contributed by atoms with van der Waals surface area (Å²) in [4.78, 5) is 0.0681. The van der Waals surface area contributed by atoms with Crippen LogP contribution in [0.5, 0.6) is 0 Å². The van der Waals surface area contributed by atoms with Crippen LogP contribution in [-0.4, -0.2) is 38.4 Å². The fourth-order valence-corrected chi connectivity index (χ4v) is 4.34. The summed E-state index contributed by atoms with van der Waals surface area (Å²) < 4.78 is 26.9. The first-order chi connectivity index (χ1) is 9.50. The standard InChI is InChI=1S/C13H16ClN3O2S/c1-2-5-17(11-8-16-9-11)20(18,19)13-4-3-10(7-15)6-12(13)14/h3-4,6,11,16H,2,5,8-9H2,1H3. The lowest BCUT2D eigenvalue weighted by Crippen LogP contribution is -2.58. The first-order valence-corrected chi connectivity index (χ1v) is 8.24. The highest BCUT2D eigenvalue weighted by atomic mass is 35.5. The molecule has 1 aliphatic heterocycles. The van der Waals surface area contributed by atoms with E-state index in [0.29, 0.717) is 25.2 Å². The summed E-state index contributed by atoms with van der Waals surface area (Å²) in [5.74, 6) is 0. The molecule has 0 unspecified atom stereocenters. The lowest BCUT2D eigenvalue weighted by atomic mass is 10.2. The van der Waals surface area contributed by atoms with E-state index in [2.05, 4.69) is 5.32 Å². The predicted molar refractivity (Wildman–Crippen MR) is 77.0 cm³/mol. The lowest BCUT2D eigenvalue weighted by molar-refractivity contribution is 0.242. The number of hydrogen-bond donors (Lipinski definition) is 1. The van der Waals surface area contributed by atoms with Crippen LogP contribution in [0.1, 0.15) is 18.9 Å². The number of halogens is 1. The zero-order chi connectivity index (χ0) is 14.8. The Kier molecular flexibility index (Phi) is 4.66. The SMILES string of the molecule is CCCN(C1CNC1)S(=O)(=O)c1ccc(C#N)cc1Cl. The third-order valence-corrected chi connectivity index (χ3v) is 5.69. The van der Waals surface area contributed by atoms with E-state index in [-0.39, 0.29) is 16.0 Å². The maximum Gasteiger partial charge on any atom is 0.244 e. The van der Waals surface area contributed by atoms with Crippen molar-refractivity contribution in [1.82, 2.24) is 9.62 Å². The fourth-order valence-electron chi connectivity index (χ4n) is 2.10. The van der Waals surface area contributed by atoms with Crippen LogP contribution in [0.3, 0.4) is 0 Å². The molecule has 0 spiro atoms. The summed E-state index contributed by atoms with van der Waals surface area (Å²) in [7, 11) is -3.63. The van der Waals surface area contributed by atoms with E-state index < -0.39 is 10.0 Å². The first kappa shape index (κ1) is 15.3. The highest BCUT2D eigenvalue weighted by Gasteiger charge is 2.35. The summed E-state index contributed by atoms with van der Waals surface area (Å²) in [6.45, 7) is 3.72. The van der Waals surface area contributed by atoms with Crippen molar-refractivity contribution in [1.29, 1.82) is 5.26 Å². The minimum absolute atomic E-state index is 0.0216. The third kappa shape index (κ3) is 2.81. The Labute approximate surface area is 124 Å². The number of nitrogens with one attached hydrogen (secondary N) is 1. The van der Waals surface area contributed by atoms with Crippen LogP contribution < -0.4 is 5.32 Å². The van der Waals surface area contributed by atoms with Crippen LogP contribution in [0, 0.1) is 11.3 Å². The molecule has 0 aliphatic carbocycles. The Morgan fingerprint density at radius 2 is 2.20 bits per heavy atom. The first-order valence-electron chi connectivity index (χ1n) is 6.43. The van der Waals surface area contributed by atoms with Crippen LogP contribution in [0.2, 0.25) is 5.02 Å². The Balaban J connectivity index is 2.39. The van der Waals surface area contributed by atoms with Crippen LogP contribution in [0.25, 0.3) is 0 Å². The van der Waals surface area contributed by atoms with Crippen LogP contribution in [0.4, 0.5) is 0 Å². The van der Waals surface area contributed by atoms with Gasteiger partial charge in [0.2, 0.25) is 10.0 Å². The van der Waals surface area contributed by atoms with Crippen molar-refractivity contribution >= 4 is 21.6 Å². The quantitative estimate of drug-likeness (QED) is 0.896. The van der Waals surface area contributed by atoms with E-state index in [0.717, 1.165) is 6.42 Å². The molecule has 1 aromatic carbocycles. The lowest BCUT2D eigenvalue weighted by Gasteiger charge is -2.37. The number of nitriles is 1. The number of rotatable bonds is 5. The van der Waals surface area contributed by atoms with Crippen LogP contribution in [0.15, 0.2) is 23.1 Å². The van der Waals surface area contributed by atoms with Crippen molar-refractivity contribution in [3.05, 3.63) is 28.8 Å². The van der Waals surface area contributed by atoms with Crippen molar-refractivity contribution in [2.45, 2.75) is 24.3 Å². The van der Waals surface area contributed by atoms with Gasteiger partial charge in [0.1, 0.15) is 4.90 Å². The topological polar surface area (TPSA) is 73.2 Å². The smallest absolute Gasteiger partial charge is 0.244 e. The van der Waals surface area contributed by atoms with Gasteiger partial charge in [0.15, 0.2) is 0 Å². The van der Waals surface area contributed by atoms with Gasteiger partial charge in [0, 0.05) is 19.6 Å². The summed E-state index contributed by atoms with van der Waals surface area (Å²) in [5, 5.41) is 12.0. The molecule has 7 heteroatoms. The van der Waals surface area contributed by atoms with Crippen molar-refractivity contribution in [3.8, 4) is 6.07 Å². The molecule has 0 aromatic heterocycles. The molecule has 1 aromatic rings. The number of benzene rings is 1. The van der Waals surface area contributed by atoms with E-state index in [1.165, 1.54) is 22.5 Å². The molecule has 108 valence electrons. The second-order valence-corrected chi connectivity index (χ2v) is 6.95. The monoisotopic (exact) mass is 313 g/mol. The van der Waals surface area contributed by atoms with Gasteiger partial charge in [-0.2, -0.15) is 9.57 Å². The Morgan fingerprint density at radius 3 is 2.65 bits per heavy atom. The molecule has 2 rings (SSSR count). The van der Waals surface area contributed by atoms with Gasteiger partial charge in [0.05, 0.1) is 22.7 Å². The Bertz CT molecular complexity index is 636. The highest BCUT2D eigenvalue weighted by Crippen LogP contribution is 2.27. The molecule has 0 amide bonds.